The van der Waals surface area contributed by atoms with Crippen LogP contribution in [0.4, 0.5) is 0 Å². The molecule has 0 fully saturated rings. The average Bonchev–Trinajstić information content (AvgIpc) is 2.54. The number of nitrogens with zero attached hydrogens (tertiary/aromatic N) is 2. The Hall–Kier alpha value is -0.930. The van der Waals surface area contributed by atoms with E-state index < -0.39 is 0 Å². The third-order valence-corrected chi connectivity index (χ3v) is 2.51. The highest BCUT2D eigenvalue weighted by molar-refractivity contribution is 7.06. The zero-order valence-electron chi connectivity index (χ0n) is 6.14. The van der Waals surface area contributed by atoms with Crippen molar-refractivity contribution in [2.24, 2.45) is 0 Å². The van der Waals surface area contributed by atoms with E-state index in [4.69, 9.17) is 11.6 Å². The van der Waals surface area contributed by atoms with Crippen LogP contribution in [0.2, 0.25) is 4.47 Å². The van der Waals surface area contributed by atoms with Crippen molar-refractivity contribution in [1.29, 1.82) is 0 Å². The highest BCUT2D eigenvalue weighted by atomic mass is 35.5. The van der Waals surface area contributed by atoms with Gasteiger partial charge in [-0.1, -0.05) is 18.2 Å². The van der Waals surface area contributed by atoms with Gasteiger partial charge >= 0.3 is 10.8 Å². The Balaban J connectivity index is 2.45. The molecule has 2 nitrogen and oxygen atoms in total. The van der Waals surface area contributed by atoms with E-state index in [9.17, 15) is 0 Å². The molecule has 0 spiro atoms. The average molecular weight is 198 g/mol. The lowest BCUT2D eigenvalue weighted by Gasteiger charge is -1.89. The van der Waals surface area contributed by atoms with Crippen LogP contribution in [-0.2, 0) is 0 Å². The lowest BCUT2D eigenvalue weighted by atomic mass is 10.3. The second kappa shape index (κ2) is 3.21. The van der Waals surface area contributed by atoms with Crippen molar-refractivity contribution >= 4 is 23.1 Å². The zero-order chi connectivity index (χ0) is 8.39. The molecule has 0 amide bonds. The molecule has 0 aliphatic rings. The van der Waals surface area contributed by atoms with E-state index in [1.54, 1.807) is 6.33 Å². The fraction of sp³-hybridized carbons (Fsp3) is 0. The van der Waals surface area contributed by atoms with Gasteiger partial charge in [0, 0.05) is 0 Å². The predicted molar refractivity (Wildman–Crippen MR) is 48.7 cm³/mol. The van der Waals surface area contributed by atoms with E-state index in [0.717, 1.165) is 5.69 Å². The number of hydrogen-bond donors (Lipinski definition) is 0. The molecule has 0 aliphatic carbocycles. The Kier molecular flexibility index (Phi) is 2.06. The molecule has 0 radical (unpaired) electrons. The van der Waals surface area contributed by atoms with Gasteiger partial charge in [-0.15, -0.1) is 3.96 Å². The van der Waals surface area contributed by atoms with Gasteiger partial charge in [0.05, 0.1) is 0 Å². The van der Waals surface area contributed by atoms with Crippen LogP contribution in [0.3, 0.4) is 0 Å². The third-order valence-electron chi connectivity index (χ3n) is 1.45. The second-order valence-corrected chi connectivity index (χ2v) is 3.79. The Labute approximate surface area is 79.2 Å². The van der Waals surface area contributed by atoms with Gasteiger partial charge in [-0.25, -0.2) is 0 Å². The Bertz CT molecular complexity index is 372. The summed E-state index contributed by atoms with van der Waals surface area (Å²) in [6, 6.07) is 9.96. The number of para-hydroxylation sites is 1. The molecule has 1 heterocycles. The summed E-state index contributed by atoms with van der Waals surface area (Å²) >= 11 is 7.11. The van der Waals surface area contributed by atoms with Crippen molar-refractivity contribution in [2.75, 3.05) is 0 Å². The Morgan fingerprint density at radius 3 is 2.58 bits per heavy atom. The number of aromatic nitrogens is 2. The molecule has 12 heavy (non-hydrogen) atoms. The number of benzene rings is 1. The molecule has 0 bridgehead atoms. The number of halogens is 1. The molecular weight excluding hydrogens is 192 g/mol. The normalized spacial score (nSPS) is 10.1. The first kappa shape index (κ1) is 7.71. The van der Waals surface area contributed by atoms with Gasteiger partial charge in [0.15, 0.2) is 0 Å². The maximum atomic E-state index is 5.70. The molecule has 60 valence electrons. The first-order chi connectivity index (χ1) is 5.86. The highest BCUT2D eigenvalue weighted by Crippen LogP contribution is 2.08. The molecule has 0 aliphatic heterocycles. The highest BCUT2D eigenvalue weighted by Gasteiger charge is 2.08. The van der Waals surface area contributed by atoms with E-state index in [0.29, 0.717) is 4.47 Å². The molecule has 0 saturated carbocycles. The summed E-state index contributed by atoms with van der Waals surface area (Å²) in [5.41, 5.74) is 1.09. The quantitative estimate of drug-likeness (QED) is 0.640. The molecule has 1 aromatic heterocycles. The maximum absolute atomic E-state index is 5.70. The van der Waals surface area contributed by atoms with Crippen molar-refractivity contribution in [1.82, 2.24) is 4.98 Å². The minimum Gasteiger partial charge on any atom is -0.138 e. The minimum atomic E-state index is 0.554. The first-order valence-electron chi connectivity index (χ1n) is 3.45. The molecule has 1 aromatic carbocycles. The van der Waals surface area contributed by atoms with Crippen LogP contribution in [0.25, 0.3) is 5.69 Å². The van der Waals surface area contributed by atoms with Gasteiger partial charge in [-0.05, 0) is 28.7 Å². The van der Waals surface area contributed by atoms with Crippen LogP contribution >= 0.6 is 23.1 Å². The van der Waals surface area contributed by atoms with Gasteiger partial charge in [0.25, 0.3) is 0 Å². The van der Waals surface area contributed by atoms with E-state index >= 15 is 0 Å². The van der Waals surface area contributed by atoms with Crippen LogP contribution in [0, 0.1) is 0 Å². The fourth-order valence-electron chi connectivity index (χ4n) is 0.920. The lowest BCUT2D eigenvalue weighted by Crippen LogP contribution is -2.23. The second-order valence-electron chi connectivity index (χ2n) is 2.25. The van der Waals surface area contributed by atoms with Gasteiger partial charge in [-0.3, -0.25) is 0 Å². The maximum Gasteiger partial charge on any atom is 0.333 e. The summed E-state index contributed by atoms with van der Waals surface area (Å²) in [4.78, 5) is 3.94. The summed E-state index contributed by atoms with van der Waals surface area (Å²) in [6.07, 6.45) is 1.71. The largest absolute Gasteiger partial charge is 0.333 e. The molecular formula is C8H6ClN2S+. The van der Waals surface area contributed by atoms with Crippen molar-refractivity contribution in [3.63, 3.8) is 0 Å². The van der Waals surface area contributed by atoms with E-state index in [1.807, 2.05) is 34.3 Å². The standard InChI is InChI=1S/C8H6ClN2S/c9-8-10-6-11(12-8)7-4-2-1-3-5-7/h1-6H/q+1. The van der Waals surface area contributed by atoms with Crippen molar-refractivity contribution in [2.45, 2.75) is 0 Å². The SMILES string of the molecule is Clc1nc[n+](-c2ccccc2)s1. The Morgan fingerprint density at radius 1 is 1.25 bits per heavy atom. The van der Waals surface area contributed by atoms with Gasteiger partial charge in [-0.2, -0.15) is 0 Å². The van der Waals surface area contributed by atoms with Crippen molar-refractivity contribution in [3.8, 4) is 5.69 Å². The first-order valence-corrected chi connectivity index (χ1v) is 4.60. The minimum absolute atomic E-state index is 0.554. The molecule has 2 rings (SSSR count). The third kappa shape index (κ3) is 1.47. The van der Waals surface area contributed by atoms with Crippen LogP contribution in [-0.4, -0.2) is 4.98 Å². The van der Waals surface area contributed by atoms with Crippen LogP contribution in [0.5, 0.6) is 0 Å². The number of hydrogen-bond acceptors (Lipinski definition) is 2. The lowest BCUT2D eigenvalue weighted by molar-refractivity contribution is -0.522. The predicted octanol–water partition coefficient (Wildman–Crippen LogP) is 2.07. The molecule has 4 heteroatoms. The summed E-state index contributed by atoms with van der Waals surface area (Å²) in [5.74, 6) is 0. The molecule has 0 unspecified atom stereocenters. The zero-order valence-corrected chi connectivity index (χ0v) is 7.72. The van der Waals surface area contributed by atoms with E-state index in [2.05, 4.69) is 4.98 Å². The summed E-state index contributed by atoms with van der Waals surface area (Å²) < 4.78 is 2.47. The fourth-order valence-corrected chi connectivity index (χ4v) is 1.77. The van der Waals surface area contributed by atoms with Gasteiger partial charge < -0.3 is 0 Å². The summed E-state index contributed by atoms with van der Waals surface area (Å²) in [6.45, 7) is 0. The van der Waals surface area contributed by atoms with Crippen molar-refractivity contribution < 1.29 is 3.96 Å². The smallest absolute Gasteiger partial charge is 0.138 e. The van der Waals surface area contributed by atoms with Gasteiger partial charge in [0.1, 0.15) is 17.2 Å². The topological polar surface area (TPSA) is 16.8 Å². The summed E-state index contributed by atoms with van der Waals surface area (Å²) in [7, 11) is 0. The number of rotatable bonds is 1. The van der Waals surface area contributed by atoms with Crippen LogP contribution in [0.1, 0.15) is 0 Å². The van der Waals surface area contributed by atoms with Gasteiger partial charge in [0.2, 0.25) is 0 Å². The van der Waals surface area contributed by atoms with E-state index in [-0.39, 0.29) is 0 Å². The molecule has 0 N–H and O–H groups in total. The monoisotopic (exact) mass is 197 g/mol. The van der Waals surface area contributed by atoms with E-state index in [1.165, 1.54) is 11.5 Å². The molecule has 2 aromatic rings. The van der Waals surface area contributed by atoms with Crippen molar-refractivity contribution in [3.05, 3.63) is 41.1 Å². The van der Waals surface area contributed by atoms with Crippen LogP contribution in [0.15, 0.2) is 36.7 Å². The molecule has 0 atom stereocenters. The Morgan fingerprint density at radius 2 is 2.00 bits per heavy atom. The molecule has 0 saturated heterocycles. The van der Waals surface area contributed by atoms with Crippen LogP contribution < -0.4 is 3.96 Å². The summed E-state index contributed by atoms with van der Waals surface area (Å²) in [5, 5.41) is 0.